The van der Waals surface area contributed by atoms with Gasteiger partial charge in [0.1, 0.15) is 5.60 Å². The topological polar surface area (TPSA) is 84.9 Å². The van der Waals surface area contributed by atoms with Crippen molar-refractivity contribution in [3.63, 3.8) is 0 Å². The first-order valence-corrected chi connectivity index (χ1v) is 7.54. The molecule has 0 aromatic heterocycles. The lowest BCUT2D eigenvalue weighted by molar-refractivity contribution is -0.148. The molecule has 2 amide bonds. The molecule has 0 aromatic rings. The highest BCUT2D eigenvalue weighted by molar-refractivity contribution is 5.89. The van der Waals surface area contributed by atoms with E-state index in [4.69, 9.17) is 9.47 Å². The van der Waals surface area contributed by atoms with Crippen LogP contribution in [0.25, 0.3) is 0 Å². The molecule has 22 heavy (non-hydrogen) atoms. The Labute approximate surface area is 130 Å². The summed E-state index contributed by atoms with van der Waals surface area (Å²) in [4.78, 5) is 37.3. The standard InChI is InChI=1S/C15H24N2O5/c1-14(2,3)22-13(20)17-7-5-15(6-8-17)10(12(19)21-4)9-11(18)16-15/h10H,5-9H2,1-4H3,(H,16,18). The third kappa shape index (κ3) is 3.34. The number of carbonyl (C=O) groups excluding carboxylic acids is 3. The smallest absolute Gasteiger partial charge is 0.410 e. The molecule has 0 bridgehead atoms. The molecule has 1 spiro atoms. The van der Waals surface area contributed by atoms with Crippen LogP contribution in [-0.4, -0.2) is 54.2 Å². The summed E-state index contributed by atoms with van der Waals surface area (Å²) < 4.78 is 10.2. The van der Waals surface area contributed by atoms with Gasteiger partial charge in [-0.05, 0) is 33.6 Å². The van der Waals surface area contributed by atoms with Gasteiger partial charge < -0.3 is 19.7 Å². The van der Waals surface area contributed by atoms with Gasteiger partial charge in [-0.15, -0.1) is 0 Å². The van der Waals surface area contributed by atoms with Gasteiger partial charge in [0.15, 0.2) is 0 Å². The molecule has 7 nitrogen and oxygen atoms in total. The third-order valence-electron chi connectivity index (χ3n) is 4.24. The fourth-order valence-electron chi connectivity index (χ4n) is 3.14. The Hall–Kier alpha value is -1.79. The highest BCUT2D eigenvalue weighted by Crippen LogP contribution is 2.37. The number of rotatable bonds is 1. The van der Waals surface area contributed by atoms with E-state index in [2.05, 4.69) is 5.32 Å². The molecule has 124 valence electrons. The van der Waals surface area contributed by atoms with Crippen LogP contribution in [0.1, 0.15) is 40.0 Å². The minimum Gasteiger partial charge on any atom is -0.469 e. The maximum Gasteiger partial charge on any atom is 0.410 e. The highest BCUT2D eigenvalue weighted by Gasteiger charge is 2.52. The van der Waals surface area contributed by atoms with Crippen LogP contribution < -0.4 is 5.32 Å². The lowest BCUT2D eigenvalue weighted by Crippen LogP contribution is -2.57. The maximum absolute atomic E-state index is 12.1. The number of nitrogens with zero attached hydrogens (tertiary/aromatic N) is 1. The van der Waals surface area contributed by atoms with Crippen LogP contribution in [0.3, 0.4) is 0 Å². The molecule has 1 N–H and O–H groups in total. The van der Waals surface area contributed by atoms with Crippen molar-refractivity contribution in [1.29, 1.82) is 0 Å². The Bertz CT molecular complexity index is 475. The molecule has 0 saturated carbocycles. The number of likely N-dealkylation sites (tertiary alicyclic amines) is 1. The lowest BCUT2D eigenvalue weighted by atomic mass is 9.78. The number of carbonyl (C=O) groups is 3. The second-order valence-corrected chi connectivity index (χ2v) is 6.95. The third-order valence-corrected chi connectivity index (χ3v) is 4.24. The summed E-state index contributed by atoms with van der Waals surface area (Å²) >= 11 is 0. The van der Waals surface area contributed by atoms with Gasteiger partial charge in [-0.25, -0.2) is 4.79 Å². The van der Waals surface area contributed by atoms with E-state index in [0.717, 1.165) is 0 Å². The zero-order chi connectivity index (χ0) is 16.5. The van der Waals surface area contributed by atoms with Crippen LogP contribution in [0.15, 0.2) is 0 Å². The van der Waals surface area contributed by atoms with Crippen molar-refractivity contribution in [1.82, 2.24) is 10.2 Å². The van der Waals surface area contributed by atoms with E-state index in [1.54, 1.807) is 4.90 Å². The maximum atomic E-state index is 12.1. The Morgan fingerprint density at radius 2 is 1.86 bits per heavy atom. The minimum atomic E-state index is -0.595. The zero-order valence-corrected chi connectivity index (χ0v) is 13.6. The van der Waals surface area contributed by atoms with Crippen molar-refractivity contribution in [3.8, 4) is 0 Å². The monoisotopic (exact) mass is 312 g/mol. The fraction of sp³-hybridized carbons (Fsp3) is 0.800. The first-order valence-electron chi connectivity index (χ1n) is 7.54. The van der Waals surface area contributed by atoms with Gasteiger partial charge in [0.2, 0.25) is 5.91 Å². The zero-order valence-electron chi connectivity index (χ0n) is 13.6. The molecular formula is C15H24N2O5. The van der Waals surface area contributed by atoms with Crippen LogP contribution in [-0.2, 0) is 19.1 Å². The molecular weight excluding hydrogens is 288 g/mol. The summed E-state index contributed by atoms with van der Waals surface area (Å²) in [6, 6.07) is 0. The molecule has 7 heteroatoms. The highest BCUT2D eigenvalue weighted by atomic mass is 16.6. The molecule has 2 saturated heterocycles. The summed E-state index contributed by atoms with van der Waals surface area (Å²) in [7, 11) is 1.33. The summed E-state index contributed by atoms with van der Waals surface area (Å²) in [6.45, 7) is 6.35. The van der Waals surface area contributed by atoms with Crippen LogP contribution in [0.2, 0.25) is 0 Å². The first kappa shape index (κ1) is 16.6. The van der Waals surface area contributed by atoms with E-state index in [0.29, 0.717) is 25.9 Å². The van der Waals surface area contributed by atoms with E-state index in [9.17, 15) is 14.4 Å². The minimum absolute atomic E-state index is 0.138. The number of hydrogen-bond donors (Lipinski definition) is 1. The first-order chi connectivity index (χ1) is 10.2. The van der Waals surface area contributed by atoms with Crippen LogP contribution in [0.5, 0.6) is 0 Å². The molecule has 0 aromatic carbocycles. The second-order valence-electron chi connectivity index (χ2n) is 6.95. The number of nitrogens with one attached hydrogen (secondary N) is 1. The number of ether oxygens (including phenoxy) is 2. The molecule has 2 aliphatic rings. The number of esters is 1. The fourth-order valence-corrected chi connectivity index (χ4v) is 3.14. The number of piperidine rings is 1. The molecule has 1 atom stereocenters. The predicted molar refractivity (Wildman–Crippen MR) is 78.0 cm³/mol. The summed E-state index contributed by atoms with van der Waals surface area (Å²) in [6.07, 6.45) is 0.843. The Morgan fingerprint density at radius 1 is 1.27 bits per heavy atom. The molecule has 2 heterocycles. The predicted octanol–water partition coefficient (Wildman–Crippen LogP) is 1.07. The van der Waals surface area contributed by atoms with Crippen molar-refractivity contribution in [2.75, 3.05) is 20.2 Å². The second kappa shape index (κ2) is 5.78. The number of methoxy groups -OCH3 is 1. The van der Waals surface area contributed by atoms with Gasteiger partial charge in [0, 0.05) is 19.5 Å². The van der Waals surface area contributed by atoms with E-state index in [1.807, 2.05) is 20.8 Å². The van der Waals surface area contributed by atoms with Crippen molar-refractivity contribution in [3.05, 3.63) is 0 Å². The van der Waals surface area contributed by atoms with E-state index < -0.39 is 17.1 Å². The Kier molecular flexibility index (Phi) is 4.35. The van der Waals surface area contributed by atoms with Gasteiger partial charge in [-0.2, -0.15) is 0 Å². The Balaban J connectivity index is 2.02. The number of hydrogen-bond acceptors (Lipinski definition) is 5. The van der Waals surface area contributed by atoms with Gasteiger partial charge in [0.25, 0.3) is 0 Å². The van der Waals surface area contributed by atoms with E-state index in [-0.39, 0.29) is 24.4 Å². The normalized spacial score (nSPS) is 24.1. The largest absolute Gasteiger partial charge is 0.469 e. The molecule has 2 fully saturated rings. The molecule has 2 aliphatic heterocycles. The van der Waals surface area contributed by atoms with Gasteiger partial charge in [0.05, 0.1) is 18.6 Å². The lowest BCUT2D eigenvalue weighted by Gasteiger charge is -2.41. The molecule has 2 rings (SSSR count). The number of amides is 2. The van der Waals surface area contributed by atoms with Crippen molar-refractivity contribution in [2.24, 2.45) is 5.92 Å². The van der Waals surface area contributed by atoms with Crippen LogP contribution in [0, 0.1) is 5.92 Å². The average Bonchev–Trinajstić information content (AvgIpc) is 2.73. The van der Waals surface area contributed by atoms with Gasteiger partial charge >= 0.3 is 12.1 Å². The van der Waals surface area contributed by atoms with Crippen molar-refractivity contribution < 1.29 is 23.9 Å². The summed E-state index contributed by atoms with van der Waals surface area (Å²) in [5.41, 5.74) is -1.13. The van der Waals surface area contributed by atoms with Crippen molar-refractivity contribution in [2.45, 2.75) is 51.2 Å². The van der Waals surface area contributed by atoms with E-state index in [1.165, 1.54) is 7.11 Å². The van der Waals surface area contributed by atoms with Gasteiger partial charge in [-0.3, -0.25) is 9.59 Å². The van der Waals surface area contributed by atoms with Crippen LogP contribution >= 0.6 is 0 Å². The molecule has 0 aliphatic carbocycles. The molecule has 1 unspecified atom stereocenters. The quantitative estimate of drug-likeness (QED) is 0.732. The SMILES string of the molecule is COC(=O)C1CC(=O)NC12CCN(C(=O)OC(C)(C)C)CC2. The van der Waals surface area contributed by atoms with E-state index >= 15 is 0 Å². The average molecular weight is 312 g/mol. The summed E-state index contributed by atoms with van der Waals surface area (Å²) in [5, 5.41) is 2.92. The summed E-state index contributed by atoms with van der Waals surface area (Å²) in [5.74, 6) is -0.990. The van der Waals surface area contributed by atoms with Crippen molar-refractivity contribution >= 4 is 18.0 Å². The van der Waals surface area contributed by atoms with Gasteiger partial charge in [-0.1, -0.05) is 0 Å². The Morgan fingerprint density at radius 3 is 2.36 bits per heavy atom. The molecule has 0 radical (unpaired) electrons. The van der Waals surface area contributed by atoms with Crippen LogP contribution in [0.4, 0.5) is 4.79 Å².